The Hall–Kier alpha value is -2.73. The van der Waals surface area contributed by atoms with Gasteiger partial charge in [-0.15, -0.1) is 0 Å². The third kappa shape index (κ3) is 8.89. The molecule has 4 rings (SSSR count). The molecule has 0 spiro atoms. The van der Waals surface area contributed by atoms with Gasteiger partial charge < -0.3 is 4.74 Å². The number of carbonyl (C=O) groups is 4. The minimum atomic E-state index is -0.373. The van der Waals surface area contributed by atoms with Crippen molar-refractivity contribution < 1.29 is 23.9 Å². The van der Waals surface area contributed by atoms with Crippen molar-refractivity contribution in [1.29, 1.82) is 0 Å². The maximum absolute atomic E-state index is 12.3. The highest BCUT2D eigenvalue weighted by Gasteiger charge is 2.30. The molecule has 0 N–H and O–H groups in total. The van der Waals surface area contributed by atoms with Crippen LogP contribution in [-0.2, 0) is 20.8 Å². The minimum Gasteiger partial charge on any atom is -0.497 e. The molecule has 39 heavy (non-hydrogen) atoms. The molecule has 1 unspecified atom stereocenters. The van der Waals surface area contributed by atoms with Gasteiger partial charge in [0.1, 0.15) is 5.75 Å². The molecule has 0 radical (unpaired) electrons. The van der Waals surface area contributed by atoms with Crippen LogP contribution in [0.1, 0.15) is 68.8 Å². The first-order chi connectivity index (χ1) is 18.6. The van der Waals surface area contributed by atoms with Gasteiger partial charge in [0.2, 0.25) is 0 Å². The van der Waals surface area contributed by atoms with Crippen LogP contribution in [0.2, 0.25) is 5.02 Å². The molecular weight excluding hydrogens is 559 g/mol. The molecule has 5 nitrogen and oxygen atoms in total. The largest absolute Gasteiger partial charge is 0.497 e. The van der Waals surface area contributed by atoms with Crippen molar-refractivity contribution in [1.82, 2.24) is 0 Å². The Morgan fingerprint density at radius 3 is 2.05 bits per heavy atom. The quantitative estimate of drug-likeness (QED) is 0.251. The average molecular weight is 592 g/mol. The van der Waals surface area contributed by atoms with Crippen LogP contribution in [0.15, 0.2) is 69.7 Å². The van der Waals surface area contributed by atoms with Gasteiger partial charge in [-0.2, -0.15) is 0 Å². The zero-order valence-corrected chi connectivity index (χ0v) is 24.9. The number of allylic oxidation sites excluding steroid dienone is 4. The number of carbonyl (C=O) groups excluding carboxylic acids is 4. The van der Waals surface area contributed by atoms with Crippen LogP contribution in [-0.4, -0.2) is 30.2 Å². The van der Waals surface area contributed by atoms with E-state index < -0.39 is 0 Å². The molecule has 208 valence electrons. The molecule has 0 aliphatic heterocycles. The standard InChI is InChI=1S/C15H15ClO3.C14H12Cl2O2.C2H6/c1-19-11-7-5-10(6-8-11)9-14(18)15-12(16)3-2-4-13(15)17;1-8-6-11(16)13(12(17)7-8)14(18)9-4-2-3-5-10(9)15;1-2/h5-8H,2-4,9H2,1H3;2-5,8H,6-7H2,1H3;1-2H3. The normalized spacial score (nSPS) is 17.1. The molecule has 2 aliphatic rings. The van der Waals surface area contributed by atoms with Gasteiger partial charge in [-0.1, -0.05) is 79.8 Å². The van der Waals surface area contributed by atoms with Gasteiger partial charge in [0.25, 0.3) is 0 Å². The summed E-state index contributed by atoms with van der Waals surface area (Å²) >= 11 is 18.0. The third-order valence-electron chi connectivity index (χ3n) is 6.11. The number of Topliss-reactive ketones (excluding diaryl/α,β-unsaturated/α-hetero) is 4. The summed E-state index contributed by atoms with van der Waals surface area (Å²) in [6.07, 6.45) is 2.90. The van der Waals surface area contributed by atoms with Gasteiger partial charge >= 0.3 is 0 Å². The second-order valence-electron chi connectivity index (χ2n) is 9.03. The van der Waals surface area contributed by atoms with Crippen molar-refractivity contribution in [3.05, 3.63) is 85.9 Å². The number of ether oxygens (including phenoxy) is 1. The predicted molar refractivity (Wildman–Crippen MR) is 157 cm³/mol. The fourth-order valence-corrected chi connectivity index (χ4v) is 5.23. The Kier molecular flexibility index (Phi) is 13.1. The predicted octanol–water partition coefficient (Wildman–Crippen LogP) is 8.09. The summed E-state index contributed by atoms with van der Waals surface area (Å²) in [5.41, 5.74) is 1.47. The summed E-state index contributed by atoms with van der Waals surface area (Å²) in [6, 6.07) is 13.9. The van der Waals surface area contributed by atoms with Crippen LogP contribution in [0.3, 0.4) is 0 Å². The summed E-state index contributed by atoms with van der Waals surface area (Å²) in [4.78, 5) is 48.1. The van der Waals surface area contributed by atoms with Crippen molar-refractivity contribution in [3.63, 3.8) is 0 Å². The van der Waals surface area contributed by atoms with Crippen molar-refractivity contribution in [3.8, 4) is 5.75 Å². The molecule has 0 fully saturated rings. The fraction of sp³-hybridized carbons (Fsp3) is 0.355. The number of ketones is 4. The molecule has 2 aromatic carbocycles. The molecule has 0 saturated carbocycles. The van der Waals surface area contributed by atoms with Gasteiger partial charge in [-0.25, -0.2) is 0 Å². The summed E-state index contributed by atoms with van der Waals surface area (Å²) in [6.45, 7) is 5.94. The molecule has 2 aliphatic carbocycles. The third-order valence-corrected chi connectivity index (χ3v) is 7.16. The highest BCUT2D eigenvalue weighted by atomic mass is 35.5. The smallest absolute Gasteiger partial charge is 0.199 e. The summed E-state index contributed by atoms with van der Waals surface area (Å²) in [5.74, 6) is 0.0378. The zero-order valence-electron chi connectivity index (χ0n) is 22.6. The molecular formula is C31H33Cl3O5. The zero-order chi connectivity index (χ0) is 29.1. The van der Waals surface area contributed by atoms with E-state index in [1.165, 1.54) is 0 Å². The van der Waals surface area contributed by atoms with E-state index in [0.717, 1.165) is 17.7 Å². The van der Waals surface area contributed by atoms with Crippen LogP contribution in [0.5, 0.6) is 5.75 Å². The monoisotopic (exact) mass is 590 g/mol. The van der Waals surface area contributed by atoms with E-state index in [2.05, 4.69) is 0 Å². The average Bonchev–Trinajstić information content (AvgIpc) is 2.90. The molecule has 2 aromatic rings. The molecule has 0 bridgehead atoms. The Balaban J connectivity index is 0.000000258. The van der Waals surface area contributed by atoms with Crippen LogP contribution < -0.4 is 4.74 Å². The van der Waals surface area contributed by atoms with Crippen LogP contribution >= 0.6 is 34.8 Å². The van der Waals surface area contributed by atoms with Crippen LogP contribution in [0.4, 0.5) is 0 Å². The van der Waals surface area contributed by atoms with E-state index in [1.807, 2.05) is 32.9 Å². The first-order valence-corrected chi connectivity index (χ1v) is 14.0. The van der Waals surface area contributed by atoms with Crippen molar-refractivity contribution >= 4 is 57.9 Å². The molecule has 8 heteroatoms. The van der Waals surface area contributed by atoms with Gasteiger partial charge in [-0.3, -0.25) is 19.2 Å². The number of halogens is 3. The van der Waals surface area contributed by atoms with E-state index in [9.17, 15) is 19.2 Å². The summed E-state index contributed by atoms with van der Waals surface area (Å²) in [7, 11) is 1.59. The van der Waals surface area contributed by atoms with Gasteiger partial charge in [0.05, 0.1) is 23.3 Å². The Bertz CT molecular complexity index is 1280. The van der Waals surface area contributed by atoms with E-state index >= 15 is 0 Å². The van der Waals surface area contributed by atoms with Crippen molar-refractivity contribution in [2.75, 3.05) is 7.11 Å². The lowest BCUT2D eigenvalue weighted by molar-refractivity contribution is -0.121. The van der Waals surface area contributed by atoms with Gasteiger partial charge in [0, 0.05) is 34.9 Å². The first kappa shape index (κ1) is 32.5. The van der Waals surface area contributed by atoms with Crippen molar-refractivity contribution in [2.24, 2.45) is 5.92 Å². The summed E-state index contributed by atoms with van der Waals surface area (Å²) < 4.78 is 5.06. The van der Waals surface area contributed by atoms with E-state index in [1.54, 1.807) is 43.5 Å². The topological polar surface area (TPSA) is 77.5 Å². The van der Waals surface area contributed by atoms with Gasteiger partial charge in [-0.05, 0) is 55.0 Å². The number of rotatable bonds is 6. The maximum Gasteiger partial charge on any atom is 0.199 e. The number of hydrogen-bond acceptors (Lipinski definition) is 5. The SMILES string of the molecule is CC.CC1CC(=O)C(C(=O)c2ccccc2Cl)=C(Cl)C1.COc1ccc(CC(=O)C2=C(Cl)CCCC2=O)cc1. The molecule has 0 amide bonds. The second kappa shape index (κ2) is 15.8. The minimum absolute atomic E-state index is 0.0999. The lowest BCUT2D eigenvalue weighted by Gasteiger charge is -2.19. The first-order valence-electron chi connectivity index (χ1n) is 12.9. The molecule has 0 saturated heterocycles. The second-order valence-corrected chi connectivity index (χ2v) is 10.3. The highest BCUT2D eigenvalue weighted by molar-refractivity contribution is 6.42. The van der Waals surface area contributed by atoms with Crippen LogP contribution in [0, 0.1) is 5.92 Å². The lowest BCUT2D eigenvalue weighted by Crippen LogP contribution is -2.22. The Labute approximate surface area is 245 Å². The number of methoxy groups -OCH3 is 1. The maximum atomic E-state index is 12.3. The van der Waals surface area contributed by atoms with Crippen LogP contribution in [0.25, 0.3) is 0 Å². The molecule has 1 atom stereocenters. The van der Waals surface area contributed by atoms with E-state index in [0.29, 0.717) is 46.3 Å². The highest BCUT2D eigenvalue weighted by Crippen LogP contribution is 2.32. The number of benzene rings is 2. The summed E-state index contributed by atoms with van der Waals surface area (Å²) in [5, 5.41) is 1.10. The fourth-order valence-electron chi connectivity index (χ4n) is 4.21. The Morgan fingerprint density at radius 1 is 0.846 bits per heavy atom. The van der Waals surface area contributed by atoms with E-state index in [-0.39, 0.29) is 46.6 Å². The Morgan fingerprint density at radius 2 is 1.49 bits per heavy atom. The van der Waals surface area contributed by atoms with Gasteiger partial charge in [0.15, 0.2) is 23.1 Å². The van der Waals surface area contributed by atoms with Crippen molar-refractivity contribution in [2.45, 2.75) is 59.3 Å². The molecule has 0 heterocycles. The lowest BCUT2D eigenvalue weighted by atomic mass is 9.86. The molecule has 0 aromatic heterocycles. The number of hydrogen-bond donors (Lipinski definition) is 0. The van der Waals surface area contributed by atoms with E-state index in [4.69, 9.17) is 39.5 Å².